The molecule has 1 aliphatic carbocycles. The minimum Gasteiger partial charge on any atom is -0.352 e. The molecule has 1 amide bonds. The van der Waals surface area contributed by atoms with E-state index in [-0.39, 0.29) is 11.3 Å². The molecule has 1 N–H and O–H groups in total. The Morgan fingerprint density at radius 1 is 1.20 bits per heavy atom. The number of unbranched alkanes of at least 4 members (excludes halogenated alkanes) is 2. The van der Waals surface area contributed by atoms with Gasteiger partial charge in [-0.15, -0.1) is 11.3 Å². The minimum absolute atomic E-state index is 0.0550. The van der Waals surface area contributed by atoms with Gasteiger partial charge in [0.15, 0.2) is 0 Å². The lowest BCUT2D eigenvalue weighted by Crippen LogP contribution is -2.24. The molecule has 1 aromatic heterocycles. The molecule has 1 aliphatic rings. The number of rotatable bonds is 11. The van der Waals surface area contributed by atoms with Gasteiger partial charge < -0.3 is 5.32 Å². The smallest absolute Gasteiger partial charge is 0.253 e. The third-order valence-electron chi connectivity index (χ3n) is 7.62. The van der Waals surface area contributed by atoms with Crippen LogP contribution < -0.4 is 5.32 Å². The first-order valence-corrected chi connectivity index (χ1v) is 14.4. The fourth-order valence-corrected chi connectivity index (χ4v) is 6.38. The first kappa shape index (κ1) is 27.5. The van der Waals surface area contributed by atoms with Crippen LogP contribution in [0.4, 0.5) is 0 Å². The van der Waals surface area contributed by atoms with E-state index in [1.807, 2.05) is 6.07 Å². The summed E-state index contributed by atoms with van der Waals surface area (Å²) in [6.07, 6.45) is 16.5. The third-order valence-corrected chi connectivity index (χ3v) is 8.74. The number of carbonyl (C=O) groups excluding carboxylic acids is 1. The predicted octanol–water partition coefficient (Wildman–Crippen LogP) is 9.72. The Balaban J connectivity index is 1.74. The standard InChI is InChI=1S/C32H45NOS/c1-7-23(2)14-9-8-12-21-33-31(34)30-26-16-10-11-17-28(26)35-29(30)22-24(3)18-19-27-25(4)15-13-20-32(27,5)6/h10-11,16-19,22-23H,7-9,12-15,20-21H2,1-6H3,(H,33,34)/b19-18?,24-22+. The molecule has 0 saturated carbocycles. The van der Waals surface area contributed by atoms with E-state index in [9.17, 15) is 4.79 Å². The molecule has 0 spiro atoms. The van der Waals surface area contributed by atoms with Gasteiger partial charge in [-0.3, -0.25) is 4.79 Å². The van der Waals surface area contributed by atoms with Crippen molar-refractivity contribution >= 4 is 33.4 Å². The molecular formula is C32H45NOS. The first-order chi connectivity index (χ1) is 16.7. The number of nitrogens with one attached hydrogen (secondary N) is 1. The van der Waals surface area contributed by atoms with Crippen LogP contribution >= 0.6 is 11.3 Å². The van der Waals surface area contributed by atoms with Crippen LogP contribution in [0.5, 0.6) is 0 Å². The van der Waals surface area contributed by atoms with E-state index >= 15 is 0 Å². The van der Waals surface area contributed by atoms with Gasteiger partial charge in [-0.05, 0) is 74.2 Å². The van der Waals surface area contributed by atoms with Gasteiger partial charge in [-0.2, -0.15) is 0 Å². The monoisotopic (exact) mass is 491 g/mol. The van der Waals surface area contributed by atoms with E-state index in [0.717, 1.165) is 34.7 Å². The van der Waals surface area contributed by atoms with Gasteiger partial charge in [0.05, 0.1) is 5.56 Å². The van der Waals surface area contributed by atoms with Gasteiger partial charge >= 0.3 is 0 Å². The second kappa shape index (κ2) is 12.7. The topological polar surface area (TPSA) is 29.1 Å². The van der Waals surface area contributed by atoms with Crippen molar-refractivity contribution in [2.24, 2.45) is 11.3 Å². The molecule has 3 heteroatoms. The van der Waals surface area contributed by atoms with E-state index in [4.69, 9.17) is 0 Å². The molecule has 0 bridgehead atoms. The SMILES string of the molecule is CCC(C)CCCCCNC(=O)c1c(/C=C(\C)C=CC2=C(C)CCCC2(C)C)sc2ccccc12. The van der Waals surface area contributed by atoms with Gasteiger partial charge in [-0.1, -0.05) is 89.3 Å². The summed E-state index contributed by atoms with van der Waals surface area (Å²) in [7, 11) is 0. The molecule has 35 heavy (non-hydrogen) atoms. The van der Waals surface area contributed by atoms with Gasteiger partial charge in [0, 0.05) is 21.5 Å². The number of amides is 1. The van der Waals surface area contributed by atoms with Crippen molar-refractivity contribution in [3.05, 3.63) is 63.6 Å². The van der Waals surface area contributed by atoms with Crippen LogP contribution in [0.3, 0.4) is 0 Å². The summed E-state index contributed by atoms with van der Waals surface area (Å²) < 4.78 is 1.17. The fourth-order valence-electron chi connectivity index (χ4n) is 5.17. The summed E-state index contributed by atoms with van der Waals surface area (Å²) in [5, 5.41) is 4.26. The number of thiophene rings is 1. The second-order valence-electron chi connectivity index (χ2n) is 11.1. The number of carbonyl (C=O) groups is 1. The molecule has 190 valence electrons. The lowest BCUT2D eigenvalue weighted by atomic mass is 9.72. The number of hydrogen-bond donors (Lipinski definition) is 1. The molecule has 1 heterocycles. The quantitative estimate of drug-likeness (QED) is 0.246. The van der Waals surface area contributed by atoms with Gasteiger partial charge in [0.25, 0.3) is 5.91 Å². The van der Waals surface area contributed by atoms with Crippen LogP contribution in [0.1, 0.15) is 108 Å². The minimum atomic E-state index is 0.0550. The lowest BCUT2D eigenvalue weighted by Gasteiger charge is -2.32. The predicted molar refractivity (Wildman–Crippen MR) is 155 cm³/mol. The van der Waals surface area contributed by atoms with Crippen molar-refractivity contribution in [3.8, 4) is 0 Å². The molecule has 1 atom stereocenters. The van der Waals surface area contributed by atoms with Gasteiger partial charge in [0.2, 0.25) is 0 Å². The highest BCUT2D eigenvalue weighted by molar-refractivity contribution is 7.20. The fraction of sp³-hybridized carbons (Fsp3) is 0.531. The summed E-state index contributed by atoms with van der Waals surface area (Å²) >= 11 is 1.71. The maximum atomic E-state index is 13.3. The van der Waals surface area contributed by atoms with E-state index < -0.39 is 0 Å². The van der Waals surface area contributed by atoms with Crippen LogP contribution in [-0.2, 0) is 0 Å². The average Bonchev–Trinajstić information content (AvgIpc) is 3.17. The summed E-state index contributed by atoms with van der Waals surface area (Å²) in [6, 6.07) is 8.28. The van der Waals surface area contributed by atoms with Crippen LogP contribution in [0, 0.1) is 11.3 Å². The van der Waals surface area contributed by atoms with Crippen LogP contribution in [0.15, 0.2) is 53.1 Å². The van der Waals surface area contributed by atoms with E-state index in [2.05, 4.69) is 83.3 Å². The maximum Gasteiger partial charge on any atom is 0.253 e. The largest absolute Gasteiger partial charge is 0.352 e. The molecule has 1 aromatic carbocycles. The highest BCUT2D eigenvalue weighted by Crippen LogP contribution is 2.41. The zero-order valence-electron chi connectivity index (χ0n) is 22.8. The number of fused-ring (bicyclic) bond motifs is 1. The number of allylic oxidation sites excluding steroid dienone is 5. The van der Waals surface area contributed by atoms with Crippen LogP contribution in [0.25, 0.3) is 16.2 Å². The summed E-state index contributed by atoms with van der Waals surface area (Å²) in [6.45, 7) is 14.5. The lowest BCUT2D eigenvalue weighted by molar-refractivity contribution is 0.0954. The summed E-state index contributed by atoms with van der Waals surface area (Å²) in [5.41, 5.74) is 5.22. The number of hydrogen-bond acceptors (Lipinski definition) is 2. The van der Waals surface area contributed by atoms with Crippen LogP contribution in [-0.4, -0.2) is 12.5 Å². The van der Waals surface area contributed by atoms with E-state index in [0.29, 0.717) is 0 Å². The third kappa shape index (κ3) is 7.43. The first-order valence-electron chi connectivity index (χ1n) is 13.6. The molecule has 0 aliphatic heterocycles. The average molecular weight is 492 g/mol. The highest BCUT2D eigenvalue weighted by Gasteiger charge is 2.26. The van der Waals surface area contributed by atoms with Gasteiger partial charge in [-0.25, -0.2) is 0 Å². The van der Waals surface area contributed by atoms with Crippen LogP contribution in [0.2, 0.25) is 0 Å². The normalized spacial score (nSPS) is 17.4. The molecule has 0 saturated heterocycles. The molecule has 3 rings (SSSR count). The van der Waals surface area contributed by atoms with E-state index in [1.165, 1.54) is 66.4 Å². The second-order valence-corrected chi connectivity index (χ2v) is 12.2. The molecular weight excluding hydrogens is 446 g/mol. The van der Waals surface area contributed by atoms with E-state index in [1.54, 1.807) is 11.3 Å². The molecule has 0 radical (unpaired) electrons. The highest BCUT2D eigenvalue weighted by atomic mass is 32.1. The number of benzene rings is 1. The van der Waals surface area contributed by atoms with Crippen molar-refractivity contribution in [3.63, 3.8) is 0 Å². The van der Waals surface area contributed by atoms with Crippen molar-refractivity contribution in [2.45, 2.75) is 92.9 Å². The Hall–Kier alpha value is -2.13. The Morgan fingerprint density at radius 2 is 1.97 bits per heavy atom. The van der Waals surface area contributed by atoms with Crippen molar-refractivity contribution in [1.29, 1.82) is 0 Å². The molecule has 2 nitrogen and oxygen atoms in total. The summed E-state index contributed by atoms with van der Waals surface area (Å²) in [4.78, 5) is 14.3. The Morgan fingerprint density at radius 3 is 2.71 bits per heavy atom. The van der Waals surface area contributed by atoms with Crippen molar-refractivity contribution in [1.82, 2.24) is 5.32 Å². The van der Waals surface area contributed by atoms with Crippen molar-refractivity contribution in [2.75, 3.05) is 6.54 Å². The zero-order valence-corrected chi connectivity index (χ0v) is 23.6. The van der Waals surface area contributed by atoms with Gasteiger partial charge in [0.1, 0.15) is 0 Å². The maximum absolute atomic E-state index is 13.3. The summed E-state index contributed by atoms with van der Waals surface area (Å²) in [5.74, 6) is 0.858. The molecule has 1 unspecified atom stereocenters. The Labute approximate surface area is 217 Å². The Bertz CT molecular complexity index is 1100. The zero-order chi connectivity index (χ0) is 25.4. The molecule has 2 aromatic rings. The molecule has 0 fully saturated rings. The Kier molecular flexibility index (Phi) is 9.98. The van der Waals surface area contributed by atoms with Crippen molar-refractivity contribution < 1.29 is 4.79 Å².